The maximum Gasteiger partial charge on any atom is 0.156 e. The summed E-state index contributed by atoms with van der Waals surface area (Å²) in [5.74, 6) is 1.63. The summed E-state index contributed by atoms with van der Waals surface area (Å²) in [7, 11) is 0. The molecule has 2 rings (SSSR count). The van der Waals surface area contributed by atoms with E-state index in [1.807, 2.05) is 16.5 Å². The van der Waals surface area contributed by atoms with Crippen molar-refractivity contribution in [3.8, 4) is 0 Å². The summed E-state index contributed by atoms with van der Waals surface area (Å²) in [5, 5.41) is 1.04. The number of thioether (sulfide) groups is 1. The third kappa shape index (κ3) is 1.70. The van der Waals surface area contributed by atoms with Gasteiger partial charge in [-0.05, 0) is 40.5 Å². The van der Waals surface area contributed by atoms with Crippen LogP contribution in [0.2, 0.25) is 0 Å². The highest BCUT2D eigenvalue weighted by Gasteiger charge is 2.08. The average molecular weight is 319 g/mol. The van der Waals surface area contributed by atoms with Gasteiger partial charge in [0.25, 0.3) is 0 Å². The van der Waals surface area contributed by atoms with Gasteiger partial charge in [0, 0.05) is 9.77 Å². The molecule has 0 aromatic carbocycles. The van der Waals surface area contributed by atoms with Crippen LogP contribution >= 0.6 is 34.4 Å². The normalized spacial score (nSPS) is 11.0. The van der Waals surface area contributed by atoms with Crippen molar-refractivity contribution in [3.63, 3.8) is 0 Å². The van der Waals surface area contributed by atoms with Gasteiger partial charge in [-0.25, -0.2) is 4.98 Å². The lowest BCUT2D eigenvalue weighted by Gasteiger charge is -2.00. The molecule has 0 saturated heterocycles. The van der Waals surface area contributed by atoms with Crippen LogP contribution in [0.4, 0.5) is 5.82 Å². The van der Waals surface area contributed by atoms with Crippen LogP contribution in [0.1, 0.15) is 6.92 Å². The van der Waals surface area contributed by atoms with Crippen molar-refractivity contribution < 1.29 is 0 Å². The molecule has 5 heteroatoms. The van der Waals surface area contributed by atoms with Crippen molar-refractivity contribution in [2.45, 2.75) is 11.9 Å². The number of anilines is 1. The molecule has 0 aliphatic rings. The molecular weight excluding hydrogens is 309 g/mol. The minimum atomic E-state index is 0.624. The fourth-order valence-corrected chi connectivity index (χ4v) is 2.51. The molecular formula is C9H10IN3S. The molecule has 0 unspecified atom stereocenters. The first-order chi connectivity index (χ1) is 6.72. The Hall–Kier alpha value is -0.430. The van der Waals surface area contributed by atoms with E-state index in [9.17, 15) is 0 Å². The lowest BCUT2D eigenvalue weighted by atomic mass is 10.5. The lowest BCUT2D eigenvalue weighted by molar-refractivity contribution is 1.04. The number of fused-ring (bicyclic) bond motifs is 1. The average Bonchev–Trinajstić information content (AvgIpc) is 2.45. The summed E-state index contributed by atoms with van der Waals surface area (Å²) < 4.78 is 3.23. The van der Waals surface area contributed by atoms with Gasteiger partial charge in [0.05, 0.1) is 0 Å². The minimum Gasteiger partial charge on any atom is -0.381 e. The van der Waals surface area contributed by atoms with Crippen LogP contribution in [0.15, 0.2) is 23.4 Å². The molecule has 74 valence electrons. The monoisotopic (exact) mass is 319 g/mol. The van der Waals surface area contributed by atoms with Crippen molar-refractivity contribution in [1.29, 1.82) is 0 Å². The first-order valence-corrected chi connectivity index (χ1v) is 6.34. The second-order valence-electron chi connectivity index (χ2n) is 2.81. The van der Waals surface area contributed by atoms with Crippen LogP contribution in [0, 0.1) is 3.57 Å². The van der Waals surface area contributed by atoms with Crippen LogP contribution in [0.25, 0.3) is 5.65 Å². The number of hydrogen-bond acceptors (Lipinski definition) is 3. The number of nitrogen functional groups attached to an aromatic ring is 1. The molecule has 2 aromatic heterocycles. The van der Waals surface area contributed by atoms with Crippen molar-refractivity contribution in [1.82, 2.24) is 9.38 Å². The van der Waals surface area contributed by atoms with Crippen molar-refractivity contribution in [2.24, 2.45) is 0 Å². The van der Waals surface area contributed by atoms with Gasteiger partial charge in [0.2, 0.25) is 0 Å². The number of halogens is 1. The van der Waals surface area contributed by atoms with Crippen LogP contribution in [0.5, 0.6) is 0 Å². The largest absolute Gasteiger partial charge is 0.381 e. The molecule has 2 heterocycles. The zero-order valence-corrected chi connectivity index (χ0v) is 10.7. The lowest BCUT2D eigenvalue weighted by Crippen LogP contribution is -1.90. The zero-order valence-electron chi connectivity index (χ0n) is 7.70. The summed E-state index contributed by atoms with van der Waals surface area (Å²) in [4.78, 5) is 4.29. The van der Waals surface area contributed by atoms with Crippen LogP contribution < -0.4 is 5.73 Å². The Balaban J connectivity index is 2.66. The number of pyridine rings is 1. The van der Waals surface area contributed by atoms with Crippen LogP contribution in [-0.2, 0) is 0 Å². The van der Waals surface area contributed by atoms with E-state index in [0.717, 1.165) is 16.4 Å². The molecule has 0 amide bonds. The third-order valence-electron chi connectivity index (χ3n) is 1.84. The zero-order chi connectivity index (χ0) is 10.1. The molecule has 0 atom stereocenters. The van der Waals surface area contributed by atoms with Gasteiger partial charge in [-0.2, -0.15) is 0 Å². The van der Waals surface area contributed by atoms with Gasteiger partial charge in [0.1, 0.15) is 10.7 Å². The fourth-order valence-electron chi connectivity index (χ4n) is 1.30. The second kappa shape index (κ2) is 3.98. The highest BCUT2D eigenvalue weighted by molar-refractivity contribution is 14.1. The summed E-state index contributed by atoms with van der Waals surface area (Å²) in [6.07, 6.45) is 2.05. The van der Waals surface area contributed by atoms with Gasteiger partial charge in [-0.1, -0.05) is 6.92 Å². The first-order valence-electron chi connectivity index (χ1n) is 4.28. The number of hydrogen-bond donors (Lipinski definition) is 1. The Morgan fingerprint density at radius 2 is 2.36 bits per heavy atom. The summed E-state index contributed by atoms with van der Waals surface area (Å²) in [5.41, 5.74) is 6.75. The van der Waals surface area contributed by atoms with Gasteiger partial charge in [-0.3, -0.25) is 4.40 Å². The Morgan fingerprint density at radius 1 is 1.57 bits per heavy atom. The molecule has 0 bridgehead atoms. The number of imidazole rings is 1. The smallest absolute Gasteiger partial charge is 0.156 e. The molecule has 0 spiro atoms. The molecule has 0 fully saturated rings. The third-order valence-corrected chi connectivity index (χ3v) is 3.45. The van der Waals surface area contributed by atoms with E-state index in [1.165, 1.54) is 3.57 Å². The maximum absolute atomic E-state index is 5.83. The van der Waals surface area contributed by atoms with Gasteiger partial charge in [0.15, 0.2) is 5.82 Å². The Labute approximate surface area is 100 Å². The molecule has 3 nitrogen and oxygen atoms in total. The number of aromatic nitrogens is 2. The summed E-state index contributed by atoms with van der Waals surface area (Å²) in [6.45, 7) is 2.11. The predicted molar refractivity (Wildman–Crippen MR) is 68.7 cm³/mol. The summed E-state index contributed by atoms with van der Waals surface area (Å²) in [6, 6.07) is 4.01. The van der Waals surface area contributed by atoms with Crippen molar-refractivity contribution >= 4 is 45.8 Å². The Bertz CT molecular complexity index is 466. The van der Waals surface area contributed by atoms with Crippen LogP contribution in [-0.4, -0.2) is 15.1 Å². The van der Waals surface area contributed by atoms with Crippen molar-refractivity contribution in [2.75, 3.05) is 11.5 Å². The Morgan fingerprint density at radius 3 is 3.07 bits per heavy atom. The van der Waals surface area contributed by atoms with Crippen molar-refractivity contribution in [3.05, 3.63) is 21.9 Å². The molecule has 0 aliphatic heterocycles. The van der Waals surface area contributed by atoms with E-state index in [4.69, 9.17) is 5.73 Å². The van der Waals surface area contributed by atoms with Gasteiger partial charge in [-0.15, -0.1) is 11.8 Å². The number of nitrogens with zero attached hydrogens (tertiary/aromatic N) is 2. The number of rotatable bonds is 2. The first kappa shape index (κ1) is 10.1. The van der Waals surface area contributed by atoms with E-state index >= 15 is 0 Å². The highest BCUT2D eigenvalue weighted by atomic mass is 127. The Kier molecular flexibility index (Phi) is 2.87. The second-order valence-corrected chi connectivity index (χ2v) is 5.31. The number of nitrogens with two attached hydrogens (primary N) is 1. The molecule has 2 N–H and O–H groups in total. The quantitative estimate of drug-likeness (QED) is 0.684. The molecule has 2 aromatic rings. The van der Waals surface area contributed by atoms with Gasteiger partial charge < -0.3 is 5.73 Å². The van der Waals surface area contributed by atoms with Crippen LogP contribution in [0.3, 0.4) is 0 Å². The molecule has 0 radical (unpaired) electrons. The fraction of sp³-hybridized carbons (Fsp3) is 0.222. The molecule has 14 heavy (non-hydrogen) atoms. The van der Waals surface area contributed by atoms with E-state index in [0.29, 0.717) is 5.82 Å². The standard InChI is InChI=1S/C9H10IN3S/c1-2-14-9-8(11)12-7-4-3-6(10)5-13(7)9/h3-5H,2,11H2,1H3. The topological polar surface area (TPSA) is 43.3 Å². The van der Waals surface area contributed by atoms with E-state index in [-0.39, 0.29) is 0 Å². The molecule has 0 saturated carbocycles. The minimum absolute atomic E-state index is 0.624. The predicted octanol–water partition coefficient (Wildman–Crippen LogP) is 2.63. The van der Waals surface area contributed by atoms with E-state index in [1.54, 1.807) is 11.8 Å². The van der Waals surface area contributed by atoms with Gasteiger partial charge >= 0.3 is 0 Å². The highest BCUT2D eigenvalue weighted by Crippen LogP contribution is 2.26. The SMILES string of the molecule is CCSc1c(N)nc2ccc(I)cn12. The van der Waals surface area contributed by atoms with E-state index < -0.39 is 0 Å². The summed E-state index contributed by atoms with van der Waals surface area (Å²) >= 11 is 4.00. The maximum atomic E-state index is 5.83. The molecule has 0 aliphatic carbocycles. The van der Waals surface area contributed by atoms with E-state index in [2.05, 4.69) is 40.7 Å².